The third-order valence-corrected chi connectivity index (χ3v) is 5.77. The molecule has 2 aromatic rings. The second kappa shape index (κ2) is 11.7. The predicted octanol–water partition coefficient (Wildman–Crippen LogP) is 2.86. The van der Waals surface area contributed by atoms with E-state index < -0.39 is 18.2 Å². The fraction of sp³-hybridized carbons (Fsp3) is 0.478. The predicted molar refractivity (Wildman–Crippen MR) is 124 cm³/mol. The Bertz CT molecular complexity index is 946. The van der Waals surface area contributed by atoms with Gasteiger partial charge in [0, 0.05) is 31.2 Å². The second-order valence-electron chi connectivity index (χ2n) is 7.75. The van der Waals surface area contributed by atoms with Gasteiger partial charge in [-0.05, 0) is 37.0 Å². The standard InChI is InChI=1S/C21H24F2N6O3.C2H6/c22-17(23)19(31)28-27-18(30)14-12-24-20(25-13-14)26-21(6-1-7-21)15-2-4-16(5-3-15)29-8-10-32-11-9-29;1-2/h2-5,12-13,17H,1,6-11H2,(H,27,30)(H,28,31)(H,24,25,26);1-2H3. The summed E-state index contributed by atoms with van der Waals surface area (Å²) in [7, 11) is 0. The molecule has 0 atom stereocenters. The molecule has 0 radical (unpaired) electrons. The zero-order chi connectivity index (χ0) is 24.6. The lowest BCUT2D eigenvalue weighted by atomic mass is 9.72. The first-order valence-corrected chi connectivity index (χ1v) is 11.4. The van der Waals surface area contributed by atoms with Crippen molar-refractivity contribution in [3.8, 4) is 0 Å². The van der Waals surface area contributed by atoms with Gasteiger partial charge in [-0.2, -0.15) is 8.78 Å². The summed E-state index contributed by atoms with van der Waals surface area (Å²) in [6.07, 6.45) is 2.24. The molecule has 2 heterocycles. The van der Waals surface area contributed by atoms with Gasteiger partial charge in [-0.1, -0.05) is 26.0 Å². The van der Waals surface area contributed by atoms with Crippen LogP contribution in [0.5, 0.6) is 0 Å². The molecule has 3 N–H and O–H groups in total. The molecule has 1 aromatic carbocycles. The third-order valence-electron chi connectivity index (χ3n) is 5.77. The number of alkyl halides is 2. The number of carbonyl (C=O) groups excluding carboxylic acids is 2. The number of nitrogens with one attached hydrogen (secondary N) is 3. The minimum Gasteiger partial charge on any atom is -0.378 e. The lowest BCUT2D eigenvalue weighted by molar-refractivity contribution is -0.132. The van der Waals surface area contributed by atoms with Gasteiger partial charge in [-0.25, -0.2) is 9.97 Å². The molecule has 1 aliphatic heterocycles. The van der Waals surface area contributed by atoms with Gasteiger partial charge in [-0.15, -0.1) is 0 Å². The zero-order valence-electron chi connectivity index (χ0n) is 19.3. The lowest BCUT2D eigenvalue weighted by Gasteiger charge is -2.43. The highest BCUT2D eigenvalue weighted by atomic mass is 19.3. The Morgan fingerprint density at radius 1 is 1.03 bits per heavy atom. The topological polar surface area (TPSA) is 108 Å². The monoisotopic (exact) mass is 476 g/mol. The van der Waals surface area contributed by atoms with Gasteiger partial charge in [0.05, 0.1) is 24.3 Å². The molecule has 11 heteroatoms. The van der Waals surface area contributed by atoms with Crippen LogP contribution in [0.15, 0.2) is 36.7 Å². The van der Waals surface area contributed by atoms with Crippen LogP contribution in [0.25, 0.3) is 0 Å². The van der Waals surface area contributed by atoms with Crippen molar-refractivity contribution in [2.45, 2.75) is 45.1 Å². The first-order valence-electron chi connectivity index (χ1n) is 11.4. The minimum atomic E-state index is -3.22. The Morgan fingerprint density at radius 2 is 1.65 bits per heavy atom. The minimum absolute atomic E-state index is 0.0302. The van der Waals surface area contributed by atoms with Crippen LogP contribution in [0.4, 0.5) is 20.4 Å². The average molecular weight is 477 g/mol. The van der Waals surface area contributed by atoms with Crippen LogP contribution in [0.2, 0.25) is 0 Å². The Morgan fingerprint density at radius 3 is 2.18 bits per heavy atom. The van der Waals surface area contributed by atoms with Crippen LogP contribution in [0.1, 0.15) is 49.0 Å². The molecule has 34 heavy (non-hydrogen) atoms. The summed E-state index contributed by atoms with van der Waals surface area (Å²) in [5.74, 6) is -2.03. The molecule has 9 nitrogen and oxygen atoms in total. The Hall–Kier alpha value is -3.34. The van der Waals surface area contributed by atoms with Gasteiger partial charge in [0.1, 0.15) is 0 Å². The zero-order valence-corrected chi connectivity index (χ0v) is 19.3. The Kier molecular flexibility index (Phi) is 8.69. The Balaban J connectivity index is 0.00000158. The van der Waals surface area contributed by atoms with E-state index in [1.807, 2.05) is 19.3 Å². The molecule has 1 saturated carbocycles. The summed E-state index contributed by atoms with van der Waals surface area (Å²) < 4.78 is 29.8. The molecule has 2 aliphatic rings. The summed E-state index contributed by atoms with van der Waals surface area (Å²) >= 11 is 0. The number of hydrazine groups is 1. The molecular weight excluding hydrogens is 446 g/mol. The van der Waals surface area contributed by atoms with E-state index >= 15 is 0 Å². The van der Waals surface area contributed by atoms with Crippen LogP contribution in [0.3, 0.4) is 0 Å². The van der Waals surface area contributed by atoms with Gasteiger partial charge in [0.2, 0.25) is 5.95 Å². The molecule has 4 rings (SSSR count). The van der Waals surface area contributed by atoms with Gasteiger partial charge < -0.3 is 15.0 Å². The fourth-order valence-electron chi connectivity index (χ4n) is 3.80. The van der Waals surface area contributed by atoms with Crippen molar-refractivity contribution in [3.05, 3.63) is 47.8 Å². The summed E-state index contributed by atoms with van der Waals surface area (Å²) in [5, 5.41) is 3.38. The van der Waals surface area contributed by atoms with Crippen LogP contribution < -0.4 is 21.1 Å². The van der Waals surface area contributed by atoms with Crippen LogP contribution in [0, 0.1) is 0 Å². The van der Waals surface area contributed by atoms with Gasteiger partial charge in [-0.3, -0.25) is 20.4 Å². The maximum Gasteiger partial charge on any atom is 0.317 e. The number of nitrogens with zero attached hydrogens (tertiary/aromatic N) is 3. The van der Waals surface area contributed by atoms with Crippen molar-refractivity contribution in [2.24, 2.45) is 0 Å². The number of hydrogen-bond acceptors (Lipinski definition) is 7. The van der Waals surface area contributed by atoms with Crippen LogP contribution >= 0.6 is 0 Å². The summed E-state index contributed by atoms with van der Waals surface area (Å²) in [5.41, 5.74) is 5.58. The maximum atomic E-state index is 12.2. The van der Waals surface area contributed by atoms with Crippen molar-refractivity contribution >= 4 is 23.5 Å². The molecular formula is C23H30F2N6O3. The van der Waals surface area contributed by atoms with E-state index in [1.54, 1.807) is 5.43 Å². The van der Waals surface area contributed by atoms with Gasteiger partial charge in [0.25, 0.3) is 5.91 Å². The van der Waals surface area contributed by atoms with E-state index in [0.29, 0.717) is 5.95 Å². The van der Waals surface area contributed by atoms with E-state index in [4.69, 9.17) is 4.74 Å². The number of anilines is 2. The van der Waals surface area contributed by atoms with E-state index in [2.05, 4.69) is 44.5 Å². The highest BCUT2D eigenvalue weighted by Crippen LogP contribution is 2.43. The van der Waals surface area contributed by atoms with Crippen molar-refractivity contribution in [1.29, 1.82) is 0 Å². The van der Waals surface area contributed by atoms with E-state index in [1.165, 1.54) is 12.4 Å². The normalized spacial score (nSPS) is 16.6. The highest BCUT2D eigenvalue weighted by Gasteiger charge is 2.39. The summed E-state index contributed by atoms with van der Waals surface area (Å²) in [6.45, 7) is 7.22. The molecule has 2 amide bonds. The number of halogens is 2. The highest BCUT2D eigenvalue weighted by molar-refractivity contribution is 5.95. The molecule has 2 fully saturated rings. The number of benzene rings is 1. The maximum absolute atomic E-state index is 12.2. The van der Waals surface area contributed by atoms with Gasteiger partial charge >= 0.3 is 12.3 Å². The molecule has 0 unspecified atom stereocenters. The second-order valence-corrected chi connectivity index (χ2v) is 7.75. The quantitative estimate of drug-likeness (QED) is 0.550. The SMILES string of the molecule is CC.O=C(NNC(=O)C(F)F)c1cnc(NC2(c3ccc(N4CCOCC4)cc3)CCC2)nc1. The number of aromatic nitrogens is 2. The fourth-order valence-corrected chi connectivity index (χ4v) is 3.80. The molecule has 1 saturated heterocycles. The summed E-state index contributed by atoms with van der Waals surface area (Å²) in [4.78, 5) is 33.4. The Labute approximate surface area is 197 Å². The number of morpholine rings is 1. The molecule has 0 bridgehead atoms. The third kappa shape index (κ3) is 5.96. The van der Waals surface area contributed by atoms with E-state index in [-0.39, 0.29) is 11.1 Å². The van der Waals surface area contributed by atoms with Crippen molar-refractivity contribution in [2.75, 3.05) is 36.5 Å². The lowest BCUT2D eigenvalue weighted by Crippen LogP contribution is -2.44. The van der Waals surface area contributed by atoms with Crippen LogP contribution in [-0.2, 0) is 15.1 Å². The number of rotatable bonds is 6. The largest absolute Gasteiger partial charge is 0.378 e. The van der Waals surface area contributed by atoms with Crippen molar-refractivity contribution < 1.29 is 23.1 Å². The molecule has 1 aliphatic carbocycles. The smallest absolute Gasteiger partial charge is 0.317 e. The average Bonchev–Trinajstić information content (AvgIpc) is 2.86. The number of carbonyl (C=O) groups is 2. The van der Waals surface area contributed by atoms with E-state index in [0.717, 1.165) is 56.8 Å². The first-order chi connectivity index (χ1) is 16.5. The van der Waals surface area contributed by atoms with Crippen LogP contribution in [-0.4, -0.2) is 54.5 Å². The van der Waals surface area contributed by atoms with Crippen molar-refractivity contribution in [3.63, 3.8) is 0 Å². The summed E-state index contributed by atoms with van der Waals surface area (Å²) in [6, 6.07) is 8.46. The van der Waals surface area contributed by atoms with E-state index in [9.17, 15) is 18.4 Å². The number of ether oxygens (including phenoxy) is 1. The number of hydrogen-bond donors (Lipinski definition) is 3. The first kappa shape index (κ1) is 25.3. The molecule has 184 valence electrons. The number of amides is 2. The molecule has 0 spiro atoms. The molecule has 1 aromatic heterocycles. The van der Waals surface area contributed by atoms with Gasteiger partial charge in [0.15, 0.2) is 0 Å². The van der Waals surface area contributed by atoms with Crippen molar-refractivity contribution in [1.82, 2.24) is 20.8 Å².